The Morgan fingerprint density at radius 3 is 1.40 bits per heavy atom. The first-order valence-corrected chi connectivity index (χ1v) is 3.54. The third-order valence-electron chi connectivity index (χ3n) is 0. The number of aliphatic carboxylic acids is 1. The molecule has 0 aliphatic rings. The third kappa shape index (κ3) is 7140. The first-order valence-electron chi connectivity index (χ1n) is 2.18. The van der Waals surface area contributed by atoms with Gasteiger partial charge in [0.2, 0.25) is 10.4 Å². The maximum Gasteiger partial charge on any atom is 1.00 e. The monoisotopic (exact) mass is 260 g/mol. The van der Waals surface area contributed by atoms with Crippen LogP contribution in [0.25, 0.3) is 0 Å². The Morgan fingerprint density at radius 1 is 1.40 bits per heavy atom. The minimum Gasteiger partial charge on any atom is -0.726 e. The van der Waals surface area contributed by atoms with Gasteiger partial charge in [-0.15, -0.1) is 10.1 Å². The van der Waals surface area contributed by atoms with Crippen molar-refractivity contribution in [2.75, 3.05) is 0 Å². The Labute approximate surface area is 107 Å². The van der Waals surface area contributed by atoms with Crippen LogP contribution >= 0.6 is 0 Å². The molecule has 6 N–H and O–H groups in total. The van der Waals surface area contributed by atoms with E-state index in [4.69, 9.17) is 42.7 Å². The van der Waals surface area contributed by atoms with Crippen molar-refractivity contribution in [3.05, 3.63) is 10.1 Å². The Hall–Kier alpha value is -0.500. The molecular formula is C2H9N2NaO9S. The number of hydrogen-bond donors (Lipinski definition) is 4. The quantitative estimate of drug-likeness (QED) is 0.108. The number of carboxylic acid groups (broad SMARTS) is 1. The van der Waals surface area contributed by atoms with Gasteiger partial charge in [0.1, 0.15) is 0 Å². The molecular weight excluding hydrogens is 251 g/mol. The summed E-state index contributed by atoms with van der Waals surface area (Å²) in [5.74, 6) is -0.833. The molecule has 0 fully saturated rings. The molecule has 13 heteroatoms. The number of carboxylic acids is 1. The van der Waals surface area contributed by atoms with Crippen LogP contribution in [0.5, 0.6) is 0 Å². The van der Waals surface area contributed by atoms with Crippen molar-refractivity contribution < 1.29 is 67.3 Å². The van der Waals surface area contributed by atoms with Crippen LogP contribution in [0.15, 0.2) is 0 Å². The summed E-state index contributed by atoms with van der Waals surface area (Å²) < 4.78 is 32.8. The van der Waals surface area contributed by atoms with Crippen LogP contribution in [0, 0.1) is 10.1 Å². The van der Waals surface area contributed by atoms with E-state index >= 15 is 0 Å². The van der Waals surface area contributed by atoms with Gasteiger partial charge in [-0.25, -0.2) is 8.42 Å². The molecule has 0 heterocycles. The van der Waals surface area contributed by atoms with Crippen molar-refractivity contribution in [3.8, 4) is 0 Å². The summed E-state index contributed by atoms with van der Waals surface area (Å²) >= 11 is 0. The first kappa shape index (κ1) is 29.3. The van der Waals surface area contributed by atoms with E-state index < -0.39 is 21.5 Å². The molecule has 0 unspecified atom stereocenters. The molecule has 0 atom stereocenters. The standard InChI is InChI=1S/C2H4O2.HNO3.H3N.Na.H2O4S/c1-2(3)4;2-1(3)4;;;1-5(2,3)4/h1H3,(H,3,4);(H,2,3,4);1H3;;(H2,1,2,3,4)/q;;;+1;/p-1. The van der Waals surface area contributed by atoms with Crippen LogP contribution < -0.4 is 35.7 Å². The molecule has 0 bridgehead atoms. The Morgan fingerprint density at radius 2 is 1.40 bits per heavy atom. The maximum absolute atomic E-state index is 9.00. The first-order chi connectivity index (χ1) is 5.46. The van der Waals surface area contributed by atoms with Crippen molar-refractivity contribution in [3.63, 3.8) is 0 Å². The van der Waals surface area contributed by atoms with Gasteiger partial charge in [0.25, 0.3) is 11.1 Å². The van der Waals surface area contributed by atoms with Crippen LogP contribution in [0.3, 0.4) is 0 Å². The van der Waals surface area contributed by atoms with Crippen LogP contribution in [-0.4, -0.2) is 38.9 Å². The van der Waals surface area contributed by atoms with Gasteiger partial charge in [-0.2, -0.15) is 0 Å². The molecule has 88 valence electrons. The van der Waals surface area contributed by atoms with Gasteiger partial charge in [0.05, 0.1) is 0 Å². The van der Waals surface area contributed by atoms with E-state index in [1.807, 2.05) is 0 Å². The van der Waals surface area contributed by atoms with E-state index in [9.17, 15) is 0 Å². The predicted molar refractivity (Wildman–Crippen MR) is 39.4 cm³/mol. The van der Waals surface area contributed by atoms with E-state index in [0.717, 1.165) is 6.92 Å². The molecule has 0 saturated heterocycles. The summed E-state index contributed by atoms with van der Waals surface area (Å²) in [5, 5.41) is 21.1. The topological polar surface area (TPSA) is 213 Å². The summed E-state index contributed by atoms with van der Waals surface area (Å²) in [6.07, 6.45) is 0. The van der Waals surface area contributed by atoms with Crippen molar-refractivity contribution in [1.29, 1.82) is 0 Å². The van der Waals surface area contributed by atoms with Crippen molar-refractivity contribution in [2.24, 2.45) is 0 Å². The molecule has 0 aliphatic heterocycles. The zero-order valence-corrected chi connectivity index (χ0v) is 10.7. The fourth-order valence-corrected chi connectivity index (χ4v) is 0. The fraction of sp³-hybridized carbons (Fsp3) is 0.500. The molecule has 0 spiro atoms. The zero-order chi connectivity index (χ0) is 11.7. The van der Waals surface area contributed by atoms with Crippen LogP contribution in [0.4, 0.5) is 0 Å². The molecule has 0 aromatic carbocycles. The van der Waals surface area contributed by atoms with Gasteiger partial charge in [-0.3, -0.25) is 9.35 Å². The Balaban J connectivity index is -0.0000000315. The van der Waals surface area contributed by atoms with Crippen LogP contribution in [-0.2, 0) is 15.2 Å². The average Bonchev–Trinajstić information content (AvgIpc) is 1.50. The van der Waals surface area contributed by atoms with Crippen molar-refractivity contribution in [1.82, 2.24) is 6.15 Å². The molecule has 0 amide bonds. The van der Waals surface area contributed by atoms with Crippen LogP contribution in [0.2, 0.25) is 0 Å². The van der Waals surface area contributed by atoms with E-state index in [2.05, 4.69) is 0 Å². The minimum atomic E-state index is -4.92. The molecule has 0 radical (unpaired) electrons. The SMILES string of the molecule is CC(=O)O.N.O=S(=O)([O-])O.O=[N+]([O-])O.[Na+]. The second-order valence-corrected chi connectivity index (χ2v) is 2.04. The number of hydrogen-bond acceptors (Lipinski definition) is 7. The molecule has 0 aromatic heterocycles. The summed E-state index contributed by atoms with van der Waals surface area (Å²) in [6, 6.07) is 0. The summed E-state index contributed by atoms with van der Waals surface area (Å²) in [5.41, 5.74) is 0. The van der Waals surface area contributed by atoms with E-state index in [-0.39, 0.29) is 35.7 Å². The van der Waals surface area contributed by atoms with Gasteiger partial charge in [0.15, 0.2) is 0 Å². The zero-order valence-electron chi connectivity index (χ0n) is 7.85. The fourth-order valence-electron chi connectivity index (χ4n) is 0. The number of nitrogens with zero attached hydrogens (tertiary/aromatic N) is 1. The number of rotatable bonds is 0. The average molecular weight is 260 g/mol. The molecule has 0 aromatic rings. The van der Waals surface area contributed by atoms with E-state index in [1.165, 1.54) is 0 Å². The van der Waals surface area contributed by atoms with Crippen molar-refractivity contribution >= 4 is 16.4 Å². The molecule has 0 rings (SSSR count). The molecule has 0 saturated carbocycles. The van der Waals surface area contributed by atoms with Crippen LogP contribution in [0.1, 0.15) is 6.92 Å². The molecule has 0 aliphatic carbocycles. The Kier molecular flexibility index (Phi) is 31.1. The van der Waals surface area contributed by atoms with E-state index in [0.29, 0.717) is 0 Å². The normalized spacial score (nSPS) is 7.13. The summed E-state index contributed by atoms with van der Waals surface area (Å²) in [7, 11) is -4.92. The summed E-state index contributed by atoms with van der Waals surface area (Å²) in [6.45, 7) is 1.08. The van der Waals surface area contributed by atoms with E-state index in [1.54, 1.807) is 0 Å². The smallest absolute Gasteiger partial charge is 0.726 e. The van der Waals surface area contributed by atoms with Gasteiger partial charge >= 0.3 is 29.6 Å². The Bertz CT molecular complexity index is 221. The third-order valence-corrected chi connectivity index (χ3v) is 0. The molecule has 11 nitrogen and oxygen atoms in total. The second-order valence-electron chi connectivity index (χ2n) is 1.18. The number of carbonyl (C=O) groups is 1. The molecule has 15 heavy (non-hydrogen) atoms. The van der Waals surface area contributed by atoms with Gasteiger partial charge in [-0.1, -0.05) is 0 Å². The van der Waals surface area contributed by atoms with Crippen molar-refractivity contribution in [2.45, 2.75) is 6.92 Å². The van der Waals surface area contributed by atoms with Gasteiger partial charge in [-0.05, 0) is 0 Å². The largest absolute Gasteiger partial charge is 1.00 e. The van der Waals surface area contributed by atoms with Gasteiger partial charge in [0, 0.05) is 6.92 Å². The summed E-state index contributed by atoms with van der Waals surface area (Å²) in [4.78, 5) is 17.4. The predicted octanol–water partition coefficient (Wildman–Crippen LogP) is -4.09. The maximum atomic E-state index is 9.00. The van der Waals surface area contributed by atoms with Gasteiger partial charge < -0.3 is 21.0 Å². The minimum absolute atomic E-state index is 0. The second kappa shape index (κ2) is 15.9.